The summed E-state index contributed by atoms with van der Waals surface area (Å²) < 4.78 is 28.5. The van der Waals surface area contributed by atoms with E-state index in [1.807, 2.05) is 18.2 Å². The lowest BCUT2D eigenvalue weighted by molar-refractivity contribution is -0.301. The van der Waals surface area contributed by atoms with Gasteiger partial charge in [-0.15, -0.1) is 0 Å². The second-order valence-corrected chi connectivity index (χ2v) is 22.0. The zero-order valence-corrected chi connectivity index (χ0v) is 53.9. The van der Waals surface area contributed by atoms with Gasteiger partial charge in [-0.3, -0.25) is 14.4 Å². The average Bonchev–Trinajstić information content (AvgIpc) is 2.60. The minimum absolute atomic E-state index is 0.0767. The van der Waals surface area contributed by atoms with Gasteiger partial charge in [0.2, 0.25) is 0 Å². The lowest BCUT2D eigenvalue weighted by atomic mass is 9.98. The Morgan fingerprint density at radius 2 is 0.747 bits per heavy atom. The first-order valence-electron chi connectivity index (χ1n) is 33.5. The molecular weight excluding hydrogens is 1090 g/mol. The molecule has 0 saturated carbocycles. The number of aliphatic hydroxyl groups is 2. The van der Waals surface area contributed by atoms with Crippen LogP contribution < -0.4 is 0 Å². The van der Waals surface area contributed by atoms with E-state index in [0.717, 1.165) is 154 Å². The molecule has 12 nitrogen and oxygen atoms in total. The van der Waals surface area contributed by atoms with Crippen LogP contribution in [-0.2, 0) is 42.9 Å². The molecule has 1 rings (SSSR count). The Balaban J connectivity index is 2.73. The van der Waals surface area contributed by atoms with Gasteiger partial charge in [-0.25, -0.2) is 4.79 Å². The van der Waals surface area contributed by atoms with Gasteiger partial charge in [0.15, 0.2) is 24.6 Å². The maximum atomic E-state index is 13.2. The summed E-state index contributed by atoms with van der Waals surface area (Å²) in [6, 6.07) is 0. The third-order valence-electron chi connectivity index (χ3n) is 14.1. The molecule has 3 N–H and O–H groups in total. The zero-order valence-electron chi connectivity index (χ0n) is 53.9. The highest BCUT2D eigenvalue weighted by Crippen LogP contribution is 2.26. The highest BCUT2D eigenvalue weighted by molar-refractivity contribution is 5.74. The van der Waals surface area contributed by atoms with Crippen molar-refractivity contribution in [1.82, 2.24) is 0 Å². The maximum Gasteiger partial charge on any atom is 0.335 e. The summed E-state index contributed by atoms with van der Waals surface area (Å²) in [5, 5.41) is 31.6. The largest absolute Gasteiger partial charge is 0.479 e. The lowest BCUT2D eigenvalue weighted by Gasteiger charge is -2.40. The van der Waals surface area contributed by atoms with Gasteiger partial charge in [0.1, 0.15) is 18.8 Å². The maximum absolute atomic E-state index is 13.2. The summed E-state index contributed by atoms with van der Waals surface area (Å²) in [5.41, 5.74) is 0. The number of carbonyl (C=O) groups excluding carboxylic acids is 3. The number of unbranched alkanes of at least 4 members (excludes halogenated alkanes) is 15. The molecule has 1 fully saturated rings. The third kappa shape index (κ3) is 50.0. The van der Waals surface area contributed by atoms with E-state index in [1.165, 1.54) is 19.3 Å². The van der Waals surface area contributed by atoms with Crippen LogP contribution in [0.4, 0.5) is 0 Å². The molecule has 0 aromatic carbocycles. The second kappa shape index (κ2) is 60.6. The van der Waals surface area contributed by atoms with Crippen molar-refractivity contribution in [3.8, 4) is 0 Å². The van der Waals surface area contributed by atoms with Gasteiger partial charge in [0, 0.05) is 19.3 Å². The Morgan fingerprint density at radius 3 is 1.15 bits per heavy atom. The second-order valence-electron chi connectivity index (χ2n) is 22.0. The van der Waals surface area contributed by atoms with Gasteiger partial charge in [0.05, 0.1) is 6.61 Å². The highest BCUT2D eigenvalue weighted by atomic mass is 16.7. The fourth-order valence-electron chi connectivity index (χ4n) is 9.04. The van der Waals surface area contributed by atoms with Crippen molar-refractivity contribution in [1.29, 1.82) is 0 Å². The van der Waals surface area contributed by atoms with Crippen LogP contribution in [0.3, 0.4) is 0 Å². The quantitative estimate of drug-likeness (QED) is 0.0228. The van der Waals surface area contributed by atoms with Crippen molar-refractivity contribution >= 4 is 23.9 Å². The van der Waals surface area contributed by atoms with Crippen LogP contribution in [0.5, 0.6) is 0 Å². The molecule has 0 aromatic rings. The number of carboxylic acid groups (broad SMARTS) is 1. The first-order chi connectivity index (χ1) is 42.6. The molecule has 0 bridgehead atoms. The van der Waals surface area contributed by atoms with E-state index in [1.54, 1.807) is 0 Å². The van der Waals surface area contributed by atoms with Crippen LogP contribution in [-0.4, -0.2) is 89.2 Å². The van der Waals surface area contributed by atoms with Crippen LogP contribution in [0.1, 0.15) is 239 Å². The number of aliphatic hydroxyl groups excluding tert-OH is 2. The van der Waals surface area contributed by atoms with Gasteiger partial charge >= 0.3 is 23.9 Å². The first kappa shape index (κ1) is 79.4. The van der Waals surface area contributed by atoms with E-state index < -0.39 is 67.3 Å². The van der Waals surface area contributed by atoms with Crippen molar-refractivity contribution in [3.05, 3.63) is 158 Å². The first-order valence-corrected chi connectivity index (χ1v) is 33.5. The summed E-state index contributed by atoms with van der Waals surface area (Å²) >= 11 is 0. The number of esters is 3. The molecule has 1 heterocycles. The molecular formula is C75H116O12. The molecule has 488 valence electrons. The fraction of sp³-hybridized carbons (Fsp3) is 0.600. The van der Waals surface area contributed by atoms with E-state index >= 15 is 0 Å². The minimum atomic E-state index is -1.94. The van der Waals surface area contributed by atoms with Crippen LogP contribution in [0, 0.1) is 0 Å². The average molecular weight is 1210 g/mol. The topological polar surface area (TPSA) is 175 Å². The van der Waals surface area contributed by atoms with Crippen LogP contribution in [0.25, 0.3) is 0 Å². The molecule has 0 aliphatic carbocycles. The van der Waals surface area contributed by atoms with Gasteiger partial charge < -0.3 is 39.0 Å². The molecule has 1 aliphatic rings. The van der Waals surface area contributed by atoms with E-state index in [4.69, 9.17) is 23.7 Å². The van der Waals surface area contributed by atoms with Gasteiger partial charge in [-0.1, -0.05) is 243 Å². The predicted octanol–water partition coefficient (Wildman–Crippen LogP) is 18.5. The summed E-state index contributed by atoms with van der Waals surface area (Å²) in [6.45, 7) is 5.69. The van der Waals surface area contributed by atoms with E-state index in [9.17, 15) is 34.5 Å². The number of hydrogen-bond donors (Lipinski definition) is 3. The van der Waals surface area contributed by atoms with Crippen LogP contribution >= 0.6 is 0 Å². The smallest absolute Gasteiger partial charge is 0.335 e. The molecule has 87 heavy (non-hydrogen) atoms. The van der Waals surface area contributed by atoms with Crippen LogP contribution in [0.2, 0.25) is 0 Å². The fourth-order valence-corrected chi connectivity index (χ4v) is 9.04. The summed E-state index contributed by atoms with van der Waals surface area (Å²) in [7, 11) is 0. The zero-order chi connectivity index (χ0) is 63.1. The van der Waals surface area contributed by atoms with Gasteiger partial charge in [-0.2, -0.15) is 0 Å². The monoisotopic (exact) mass is 1210 g/mol. The Morgan fingerprint density at radius 1 is 0.391 bits per heavy atom. The lowest BCUT2D eigenvalue weighted by Crippen LogP contribution is -2.61. The summed E-state index contributed by atoms with van der Waals surface area (Å²) in [6.07, 6.45) is 76.3. The number of carboxylic acids is 1. The highest BCUT2D eigenvalue weighted by Gasteiger charge is 2.50. The Bertz CT molecular complexity index is 2120. The molecule has 0 radical (unpaired) electrons. The van der Waals surface area contributed by atoms with Crippen molar-refractivity contribution in [2.24, 2.45) is 0 Å². The normalized spacial score (nSPS) is 18.4. The summed E-state index contributed by atoms with van der Waals surface area (Å²) in [4.78, 5) is 51.4. The number of rotatable bonds is 55. The van der Waals surface area contributed by atoms with Crippen molar-refractivity contribution in [2.45, 2.75) is 276 Å². The van der Waals surface area contributed by atoms with E-state index in [2.05, 4.69) is 161 Å². The summed E-state index contributed by atoms with van der Waals surface area (Å²) in [5.74, 6) is -3.28. The Labute approximate surface area is 526 Å². The van der Waals surface area contributed by atoms with Gasteiger partial charge in [0.25, 0.3) is 0 Å². The van der Waals surface area contributed by atoms with E-state index in [0.29, 0.717) is 25.7 Å². The molecule has 1 saturated heterocycles. The predicted molar refractivity (Wildman–Crippen MR) is 358 cm³/mol. The molecule has 1 aliphatic heterocycles. The molecule has 6 atom stereocenters. The van der Waals surface area contributed by atoms with Crippen molar-refractivity contribution in [3.63, 3.8) is 0 Å². The number of ether oxygens (including phenoxy) is 5. The molecule has 0 spiro atoms. The third-order valence-corrected chi connectivity index (χ3v) is 14.1. The van der Waals surface area contributed by atoms with Crippen molar-refractivity contribution in [2.75, 3.05) is 13.2 Å². The SMILES string of the molecule is CC/C=C\C/C=C\C/C=C\C/C=C\C/C=C\C/C=C\CCC(=O)OC1C(OCC(COC(=O)CCCCCCCC/C=C\C/C=C\C/C=C\C/C=C\CC)OC(=O)CCCCCCCC/C=C\C/C=C\C/C=C\CCCCC)OC(C(=O)O)C(O)C1O. The standard InChI is InChI=1S/C75H116O12/c1-4-7-10-13-16-19-22-25-28-31-34-37-40-43-46-49-52-55-58-61-67(76)83-64-66(85-68(77)62-59-56-53-50-47-44-41-38-35-32-29-26-23-20-17-14-11-8-5-2)65-84-75-73(71(80)70(79)72(87-75)74(81)82)86-69(78)63-60-57-54-51-48-45-42-39-36-33-30-27-24-21-18-15-12-9-6-3/h7,9-10,12,16-21,25-30,34-39,45,48,54,57,66,70-73,75,79-80H,4-6,8,11,13-15,22-24,31-33,40-44,46-47,49-53,55-56,58-65H2,1-3H3,(H,81,82)/b10-7-,12-9-,19-16-,20-17-,21-18-,28-25-,29-26-,30-27-,37-34-,38-35-,39-36-,48-45-,57-54-. The number of hydrogen-bond acceptors (Lipinski definition) is 11. The minimum Gasteiger partial charge on any atom is -0.479 e. The molecule has 0 aromatic heterocycles. The number of carbonyl (C=O) groups is 4. The van der Waals surface area contributed by atoms with E-state index in [-0.39, 0.29) is 25.9 Å². The van der Waals surface area contributed by atoms with Gasteiger partial charge in [-0.05, 0) is 135 Å². The molecule has 0 amide bonds. The Kier molecular flexibility index (Phi) is 55.3. The molecule has 6 unspecified atom stereocenters. The number of aliphatic carboxylic acids is 1. The van der Waals surface area contributed by atoms with Crippen LogP contribution in [0.15, 0.2) is 158 Å². The Hall–Kier alpha value is -5.66. The number of allylic oxidation sites excluding steroid dienone is 26. The van der Waals surface area contributed by atoms with Crippen molar-refractivity contribution < 1.29 is 58.2 Å². The molecule has 12 heteroatoms.